The van der Waals surface area contributed by atoms with Crippen LogP contribution >= 0.6 is 9.24 Å². The fourth-order valence-corrected chi connectivity index (χ4v) is 7.32. The molecule has 0 amide bonds. The largest absolute Gasteiger partial charge is 0.366 e. The van der Waals surface area contributed by atoms with E-state index >= 15 is 0 Å². The molecule has 4 heteroatoms. The number of rotatable bonds is 7. The van der Waals surface area contributed by atoms with Crippen molar-refractivity contribution >= 4 is 20.4 Å². The van der Waals surface area contributed by atoms with Gasteiger partial charge in [-0.05, 0) is 104 Å². The lowest BCUT2D eigenvalue weighted by Gasteiger charge is -2.33. The van der Waals surface area contributed by atoms with Gasteiger partial charge in [0.1, 0.15) is 5.82 Å². The predicted molar refractivity (Wildman–Crippen MR) is 183 cm³/mol. The van der Waals surface area contributed by atoms with E-state index in [0.29, 0.717) is 12.0 Å². The summed E-state index contributed by atoms with van der Waals surface area (Å²) in [7, 11) is 2.82. The molecule has 2 aliphatic heterocycles. The molecule has 3 atom stereocenters. The molecule has 3 aromatic carbocycles. The van der Waals surface area contributed by atoms with E-state index in [2.05, 4.69) is 127 Å². The van der Waals surface area contributed by atoms with Crippen molar-refractivity contribution in [1.29, 1.82) is 0 Å². The van der Waals surface area contributed by atoms with Crippen molar-refractivity contribution in [1.82, 2.24) is 9.88 Å². The molecule has 3 unspecified atom stereocenters. The topological polar surface area (TPSA) is 19.4 Å². The molecule has 0 spiro atoms. The summed E-state index contributed by atoms with van der Waals surface area (Å²) in [6.45, 7) is 18.8. The molecule has 216 valence electrons. The first kappa shape index (κ1) is 28.7. The second-order valence-electron chi connectivity index (χ2n) is 12.5. The van der Waals surface area contributed by atoms with Gasteiger partial charge in [0.2, 0.25) is 0 Å². The number of aromatic nitrogens is 1. The number of hydrogen-bond acceptors (Lipinski definition) is 3. The summed E-state index contributed by atoms with van der Waals surface area (Å²) in [4.78, 5) is 10.3. The van der Waals surface area contributed by atoms with Gasteiger partial charge in [0, 0.05) is 36.3 Å². The molecule has 6 rings (SSSR count). The third kappa shape index (κ3) is 5.52. The number of hydrogen-bond donors (Lipinski definition) is 0. The van der Waals surface area contributed by atoms with E-state index in [1.807, 2.05) is 0 Å². The summed E-state index contributed by atoms with van der Waals surface area (Å²) in [6.07, 6.45) is 3.21. The van der Waals surface area contributed by atoms with Crippen LogP contribution in [0.5, 0.6) is 0 Å². The van der Waals surface area contributed by atoms with E-state index in [-0.39, 0.29) is 0 Å². The summed E-state index contributed by atoms with van der Waals surface area (Å²) < 4.78 is 0. The molecule has 2 fully saturated rings. The number of nitrogens with zero attached hydrogens (tertiary/aromatic N) is 3. The van der Waals surface area contributed by atoms with E-state index in [1.54, 1.807) is 0 Å². The Labute approximate surface area is 254 Å². The van der Waals surface area contributed by atoms with Crippen molar-refractivity contribution < 1.29 is 0 Å². The molecule has 42 heavy (non-hydrogen) atoms. The first-order valence-electron chi connectivity index (χ1n) is 15.5. The Morgan fingerprint density at radius 1 is 0.881 bits per heavy atom. The molecule has 2 saturated heterocycles. The second-order valence-corrected chi connectivity index (χ2v) is 13.1. The van der Waals surface area contributed by atoms with Crippen LogP contribution < -0.4 is 10.2 Å². The first-order valence-corrected chi connectivity index (χ1v) is 16.1. The van der Waals surface area contributed by atoms with Gasteiger partial charge in [-0.25, -0.2) is 4.98 Å². The molecule has 4 aromatic rings. The highest BCUT2D eigenvalue weighted by molar-refractivity contribution is 7.27. The van der Waals surface area contributed by atoms with E-state index < -0.39 is 0 Å². The molecule has 0 radical (unpaired) electrons. The number of likely N-dealkylation sites (tertiary alicyclic amines) is 1. The summed E-state index contributed by atoms with van der Waals surface area (Å²) in [5.41, 5.74) is 14.2. The van der Waals surface area contributed by atoms with Crippen LogP contribution in [0.25, 0.3) is 22.3 Å². The minimum atomic E-state index is 0.353. The summed E-state index contributed by atoms with van der Waals surface area (Å²) in [5.74, 6) is 1.54. The zero-order valence-electron chi connectivity index (χ0n) is 25.9. The monoisotopic (exact) mass is 573 g/mol. The van der Waals surface area contributed by atoms with Crippen LogP contribution in [0.1, 0.15) is 66.1 Å². The maximum absolute atomic E-state index is 5.38. The quantitative estimate of drug-likeness (QED) is 0.207. The van der Waals surface area contributed by atoms with Gasteiger partial charge in [0.05, 0.1) is 12.2 Å². The lowest BCUT2D eigenvalue weighted by molar-refractivity contribution is 0.287. The lowest BCUT2D eigenvalue weighted by Crippen LogP contribution is -2.38. The van der Waals surface area contributed by atoms with Gasteiger partial charge in [0.25, 0.3) is 0 Å². The van der Waals surface area contributed by atoms with E-state index in [0.717, 1.165) is 44.0 Å². The van der Waals surface area contributed by atoms with Crippen LogP contribution in [0.2, 0.25) is 0 Å². The molecule has 0 saturated carbocycles. The molecule has 3 heterocycles. The van der Waals surface area contributed by atoms with Crippen LogP contribution in [0.3, 0.4) is 0 Å². The Morgan fingerprint density at radius 2 is 1.62 bits per heavy atom. The second kappa shape index (κ2) is 11.7. The van der Waals surface area contributed by atoms with Crippen LogP contribution in [-0.2, 0) is 13.0 Å². The van der Waals surface area contributed by atoms with Crippen LogP contribution in [-0.4, -0.2) is 29.0 Å². The Hall–Kier alpha value is -3.42. The van der Waals surface area contributed by atoms with Gasteiger partial charge >= 0.3 is 0 Å². The highest BCUT2D eigenvalue weighted by atomic mass is 31.0. The van der Waals surface area contributed by atoms with Gasteiger partial charge in [-0.1, -0.05) is 73.2 Å². The number of allylic oxidation sites excluding steroid dienone is 1. The smallest absolute Gasteiger partial charge is 0.128 e. The zero-order valence-corrected chi connectivity index (χ0v) is 27.0. The van der Waals surface area contributed by atoms with Gasteiger partial charge in [-0.15, -0.1) is 9.24 Å². The van der Waals surface area contributed by atoms with Crippen LogP contribution in [0.4, 0.5) is 5.82 Å². The lowest BCUT2D eigenvalue weighted by atomic mass is 9.90. The molecular weight excluding hydrogens is 529 g/mol. The minimum Gasteiger partial charge on any atom is -0.366 e. The predicted octanol–water partition coefficient (Wildman–Crippen LogP) is 8.51. The van der Waals surface area contributed by atoms with Gasteiger partial charge in [-0.2, -0.15) is 0 Å². The highest BCUT2D eigenvalue weighted by Crippen LogP contribution is 2.42. The van der Waals surface area contributed by atoms with E-state index in [1.165, 1.54) is 67.5 Å². The molecule has 3 nitrogen and oxygen atoms in total. The number of benzene rings is 3. The summed E-state index contributed by atoms with van der Waals surface area (Å²) in [6, 6.07) is 25.6. The third-order valence-corrected chi connectivity index (χ3v) is 9.77. The van der Waals surface area contributed by atoms with E-state index in [9.17, 15) is 0 Å². The highest BCUT2D eigenvalue weighted by Gasteiger charge is 2.35. The molecule has 2 aliphatic rings. The maximum Gasteiger partial charge on any atom is 0.128 e. The minimum absolute atomic E-state index is 0.353. The molecule has 0 bridgehead atoms. The average molecular weight is 574 g/mol. The van der Waals surface area contributed by atoms with Crippen molar-refractivity contribution in [2.75, 3.05) is 18.0 Å². The molecular formula is C38H44N3P. The molecule has 0 aliphatic carbocycles. The van der Waals surface area contributed by atoms with Crippen LogP contribution in [0, 0.1) is 20.8 Å². The maximum atomic E-state index is 5.38. The van der Waals surface area contributed by atoms with Crippen molar-refractivity contribution in [2.45, 2.75) is 72.4 Å². The Bertz CT molecular complexity index is 1630. The Kier molecular flexibility index (Phi) is 7.99. The fourth-order valence-electron chi connectivity index (χ4n) is 6.98. The summed E-state index contributed by atoms with van der Waals surface area (Å²) >= 11 is 0. The van der Waals surface area contributed by atoms with Crippen LogP contribution in [0.15, 0.2) is 79.0 Å². The number of pyridine rings is 1. The fraction of sp³-hybridized carbons (Fsp3) is 0.342. The first-order chi connectivity index (χ1) is 20.2. The summed E-state index contributed by atoms with van der Waals surface area (Å²) in [5, 5.41) is 1.22. The van der Waals surface area contributed by atoms with Gasteiger partial charge < -0.3 is 9.80 Å². The van der Waals surface area contributed by atoms with Crippen molar-refractivity contribution in [3.05, 3.63) is 113 Å². The molecule has 0 N–H and O–H groups in total. The Morgan fingerprint density at radius 3 is 2.29 bits per heavy atom. The van der Waals surface area contributed by atoms with Crippen molar-refractivity contribution in [2.24, 2.45) is 0 Å². The number of aryl methyl sites for hydroxylation is 4. The Balaban J connectivity index is 1.41. The molecule has 1 aromatic heterocycles. The SMILES string of the molecule is C=C1CC(c2cc(C)cc(C)c2)C(C)N1Cc1nc(N2CCC2)ccc1-c1cc(-c2ccc(P)cc2C)ccc1CC. The van der Waals surface area contributed by atoms with E-state index in [4.69, 9.17) is 4.98 Å². The normalized spacial score (nSPS) is 18.5. The zero-order chi connectivity index (χ0) is 29.5. The van der Waals surface area contributed by atoms with Crippen molar-refractivity contribution in [3.8, 4) is 22.3 Å². The van der Waals surface area contributed by atoms with Gasteiger partial charge in [-0.3, -0.25) is 0 Å². The number of anilines is 1. The average Bonchev–Trinajstić information content (AvgIpc) is 3.20. The standard InChI is InChI=1S/C38H44N3P/c1-7-29-9-10-30(33-12-11-32(42)20-26(33)4)22-36(29)34-13-14-38(40-15-8-16-40)39-37(34)23-41-27(5)21-35(28(41)6)31-18-24(2)17-25(3)19-31/h9-14,17-20,22,28,35H,5,7-8,15-16,21,23,42H2,1-4,6H3. The van der Waals surface area contributed by atoms with Crippen molar-refractivity contribution in [3.63, 3.8) is 0 Å². The van der Waals surface area contributed by atoms with Gasteiger partial charge in [0.15, 0.2) is 0 Å². The third-order valence-electron chi connectivity index (χ3n) is 9.41.